The highest BCUT2D eigenvalue weighted by Gasteiger charge is 2.26. The largest absolute Gasteiger partial charge is 0.310 e. The number of hydrogen-bond acceptors (Lipinski definition) is 1. The number of benzene rings is 1. The van der Waals surface area contributed by atoms with Gasteiger partial charge in [0.25, 0.3) is 0 Å². The molecule has 0 heterocycles. The van der Waals surface area contributed by atoms with Crippen molar-refractivity contribution in [3.05, 3.63) is 34.9 Å². The van der Waals surface area contributed by atoms with Gasteiger partial charge >= 0.3 is 0 Å². The Balaban J connectivity index is 1.58. The molecule has 1 aromatic rings. The second-order valence-corrected chi connectivity index (χ2v) is 5.72. The van der Waals surface area contributed by atoms with Crippen LogP contribution in [0.5, 0.6) is 0 Å². The lowest BCUT2D eigenvalue weighted by Crippen LogP contribution is -2.41. The Morgan fingerprint density at radius 3 is 2.81 bits per heavy atom. The zero-order valence-corrected chi connectivity index (χ0v) is 10.3. The van der Waals surface area contributed by atoms with Gasteiger partial charge in [-0.3, -0.25) is 0 Å². The van der Waals surface area contributed by atoms with Crippen molar-refractivity contribution in [3.63, 3.8) is 0 Å². The molecule has 0 bridgehead atoms. The third-order valence-electron chi connectivity index (χ3n) is 3.84. The average molecular weight is 236 g/mol. The number of nitrogens with one attached hydrogen (secondary N) is 1. The van der Waals surface area contributed by atoms with Crippen molar-refractivity contribution in [2.24, 2.45) is 0 Å². The van der Waals surface area contributed by atoms with Crippen molar-refractivity contribution in [2.45, 2.75) is 50.1 Å². The van der Waals surface area contributed by atoms with E-state index >= 15 is 0 Å². The molecule has 3 rings (SSSR count). The molecule has 0 amide bonds. The summed E-state index contributed by atoms with van der Waals surface area (Å²) in [6, 6.07) is 7.61. The monoisotopic (exact) mass is 235 g/mol. The first-order valence-corrected chi connectivity index (χ1v) is 6.73. The third-order valence-corrected chi connectivity index (χ3v) is 4.19. The van der Waals surface area contributed by atoms with Gasteiger partial charge in [0.15, 0.2) is 0 Å². The first-order chi connectivity index (χ1) is 7.81. The topological polar surface area (TPSA) is 12.0 Å². The van der Waals surface area contributed by atoms with Crippen LogP contribution in [0.25, 0.3) is 0 Å². The lowest BCUT2D eigenvalue weighted by atomic mass is 9.92. The minimum atomic E-state index is 0.414. The van der Waals surface area contributed by atoms with Crippen molar-refractivity contribution in [3.8, 4) is 0 Å². The zero-order valence-electron chi connectivity index (χ0n) is 9.51. The van der Waals surface area contributed by atoms with Gasteiger partial charge in [0.1, 0.15) is 0 Å². The Bertz CT molecular complexity index is 382. The van der Waals surface area contributed by atoms with Gasteiger partial charge in [-0.05, 0) is 48.8 Å². The number of hydrogen-bond donors (Lipinski definition) is 1. The van der Waals surface area contributed by atoms with E-state index in [-0.39, 0.29) is 0 Å². The van der Waals surface area contributed by atoms with Gasteiger partial charge in [-0.1, -0.05) is 18.2 Å². The molecule has 0 spiro atoms. The molecule has 0 aliphatic heterocycles. The molecule has 1 N–H and O–H groups in total. The predicted octanol–water partition coefficient (Wildman–Crippen LogP) is 3.03. The van der Waals surface area contributed by atoms with Crippen LogP contribution < -0.4 is 5.32 Å². The van der Waals surface area contributed by atoms with Crippen LogP contribution in [0.15, 0.2) is 18.2 Å². The number of alkyl halides is 1. The van der Waals surface area contributed by atoms with Crippen molar-refractivity contribution in [1.29, 1.82) is 0 Å². The third kappa shape index (κ3) is 2.11. The quantitative estimate of drug-likeness (QED) is 0.795. The van der Waals surface area contributed by atoms with Crippen molar-refractivity contribution < 1.29 is 0 Å². The fourth-order valence-corrected chi connectivity index (χ4v) is 3.14. The summed E-state index contributed by atoms with van der Waals surface area (Å²) in [6.07, 6.45) is 6.15. The van der Waals surface area contributed by atoms with Crippen LogP contribution in [0.2, 0.25) is 0 Å². The van der Waals surface area contributed by atoms with E-state index in [1.165, 1.54) is 24.8 Å². The van der Waals surface area contributed by atoms with Gasteiger partial charge in [-0.25, -0.2) is 0 Å². The van der Waals surface area contributed by atoms with E-state index in [1.807, 2.05) is 0 Å². The maximum Gasteiger partial charge on any atom is 0.0365 e. The molecular formula is C14H18ClN. The average Bonchev–Trinajstić information content (AvgIpc) is 2.69. The number of aryl methyl sites for hydroxylation is 2. The maximum absolute atomic E-state index is 5.96. The smallest absolute Gasteiger partial charge is 0.0365 e. The van der Waals surface area contributed by atoms with Crippen molar-refractivity contribution >= 4 is 11.6 Å². The molecule has 1 fully saturated rings. The molecule has 1 saturated carbocycles. The van der Waals surface area contributed by atoms with Crippen LogP contribution in [0.3, 0.4) is 0 Å². The summed E-state index contributed by atoms with van der Waals surface area (Å²) >= 11 is 5.96. The molecule has 0 saturated heterocycles. The molecule has 16 heavy (non-hydrogen) atoms. The van der Waals surface area contributed by atoms with E-state index in [0.29, 0.717) is 11.4 Å². The SMILES string of the molecule is ClC1CC(NCc2ccc3c(c2)CCC3)C1. The summed E-state index contributed by atoms with van der Waals surface area (Å²) in [6.45, 7) is 1.00. The van der Waals surface area contributed by atoms with Gasteiger partial charge in [0.05, 0.1) is 0 Å². The molecule has 2 heteroatoms. The van der Waals surface area contributed by atoms with Gasteiger partial charge in [-0.15, -0.1) is 11.6 Å². The molecular weight excluding hydrogens is 218 g/mol. The summed E-state index contributed by atoms with van der Waals surface area (Å²) in [5.74, 6) is 0. The predicted molar refractivity (Wildman–Crippen MR) is 68.0 cm³/mol. The van der Waals surface area contributed by atoms with Crippen LogP contribution in [-0.4, -0.2) is 11.4 Å². The number of halogens is 1. The minimum absolute atomic E-state index is 0.414. The number of fused-ring (bicyclic) bond motifs is 1. The fraction of sp³-hybridized carbons (Fsp3) is 0.571. The highest BCUT2D eigenvalue weighted by atomic mass is 35.5. The lowest BCUT2D eigenvalue weighted by Gasteiger charge is -2.31. The Morgan fingerprint density at radius 2 is 2.00 bits per heavy atom. The Hall–Kier alpha value is -0.530. The van der Waals surface area contributed by atoms with E-state index in [2.05, 4.69) is 23.5 Å². The van der Waals surface area contributed by atoms with E-state index < -0.39 is 0 Å². The first-order valence-electron chi connectivity index (χ1n) is 6.29. The van der Waals surface area contributed by atoms with Gasteiger partial charge < -0.3 is 5.32 Å². The summed E-state index contributed by atoms with van der Waals surface area (Å²) in [5, 5.41) is 3.99. The van der Waals surface area contributed by atoms with Gasteiger partial charge in [0.2, 0.25) is 0 Å². The summed E-state index contributed by atoms with van der Waals surface area (Å²) in [4.78, 5) is 0. The molecule has 0 radical (unpaired) electrons. The first kappa shape index (κ1) is 10.6. The summed E-state index contributed by atoms with van der Waals surface area (Å²) < 4.78 is 0. The molecule has 86 valence electrons. The van der Waals surface area contributed by atoms with Crippen molar-refractivity contribution in [1.82, 2.24) is 5.32 Å². The summed E-state index contributed by atoms with van der Waals surface area (Å²) in [5.41, 5.74) is 4.56. The fourth-order valence-electron chi connectivity index (χ4n) is 2.71. The zero-order chi connectivity index (χ0) is 11.0. The lowest BCUT2D eigenvalue weighted by molar-refractivity contribution is 0.345. The van der Waals surface area contributed by atoms with Gasteiger partial charge in [0, 0.05) is 18.0 Å². The Morgan fingerprint density at radius 1 is 1.19 bits per heavy atom. The maximum atomic E-state index is 5.96. The van der Waals surface area contributed by atoms with E-state index in [1.54, 1.807) is 11.1 Å². The Labute approximate surface area is 102 Å². The van der Waals surface area contributed by atoms with Crippen molar-refractivity contribution in [2.75, 3.05) is 0 Å². The molecule has 0 unspecified atom stereocenters. The van der Waals surface area contributed by atoms with E-state index in [0.717, 1.165) is 19.4 Å². The van der Waals surface area contributed by atoms with E-state index in [9.17, 15) is 0 Å². The molecule has 1 aromatic carbocycles. The van der Waals surface area contributed by atoms with Crippen LogP contribution in [-0.2, 0) is 19.4 Å². The minimum Gasteiger partial charge on any atom is -0.310 e. The second kappa shape index (κ2) is 4.38. The molecule has 0 aromatic heterocycles. The van der Waals surface area contributed by atoms with Crippen LogP contribution in [0.4, 0.5) is 0 Å². The van der Waals surface area contributed by atoms with Crippen LogP contribution >= 0.6 is 11.6 Å². The van der Waals surface area contributed by atoms with Gasteiger partial charge in [-0.2, -0.15) is 0 Å². The summed E-state index contributed by atoms with van der Waals surface area (Å²) in [7, 11) is 0. The standard InChI is InChI=1S/C14H18ClN/c15-13-7-14(8-13)16-9-10-4-5-11-2-1-3-12(11)6-10/h4-6,13-14,16H,1-3,7-9H2. The second-order valence-electron chi connectivity index (χ2n) is 5.10. The van der Waals surface area contributed by atoms with E-state index in [4.69, 9.17) is 11.6 Å². The highest BCUT2D eigenvalue weighted by Crippen LogP contribution is 2.26. The normalized spacial score (nSPS) is 27.6. The molecule has 2 aliphatic rings. The molecule has 0 atom stereocenters. The Kier molecular flexibility index (Phi) is 2.91. The van der Waals surface area contributed by atoms with Crippen LogP contribution in [0.1, 0.15) is 36.0 Å². The highest BCUT2D eigenvalue weighted by molar-refractivity contribution is 6.21. The number of rotatable bonds is 3. The molecule has 1 nitrogen and oxygen atoms in total. The van der Waals surface area contributed by atoms with Crippen LogP contribution in [0, 0.1) is 0 Å². The molecule has 2 aliphatic carbocycles.